The van der Waals surface area contributed by atoms with E-state index in [4.69, 9.17) is 4.84 Å². The van der Waals surface area contributed by atoms with Gasteiger partial charge < -0.3 is 4.84 Å². The molecule has 12 heavy (non-hydrogen) atoms. The molecule has 0 unspecified atom stereocenters. The van der Waals surface area contributed by atoms with Crippen LogP contribution in [0.2, 0.25) is 0 Å². The number of hydrogen-bond acceptors (Lipinski definition) is 3. The van der Waals surface area contributed by atoms with Crippen molar-refractivity contribution in [3.05, 3.63) is 36.0 Å². The maximum absolute atomic E-state index is 5.22. The number of anilines is 1. The van der Waals surface area contributed by atoms with Gasteiger partial charge in [0.15, 0.2) is 5.75 Å². The van der Waals surface area contributed by atoms with Gasteiger partial charge >= 0.3 is 0 Å². The van der Waals surface area contributed by atoms with E-state index in [9.17, 15) is 0 Å². The zero-order valence-corrected chi connectivity index (χ0v) is 6.37. The number of rotatable bonds is 0. The molecule has 2 aliphatic heterocycles. The van der Waals surface area contributed by atoms with Crippen LogP contribution in [0, 0.1) is 6.20 Å². The minimum Gasteiger partial charge on any atom is -0.386 e. The van der Waals surface area contributed by atoms with Gasteiger partial charge in [0, 0.05) is 0 Å². The lowest BCUT2D eigenvalue weighted by Gasteiger charge is -2.15. The SMILES string of the molecule is [C]1=CCc2cccc3c2N1NO3. The summed E-state index contributed by atoms with van der Waals surface area (Å²) in [5.74, 6) is 0.883. The number of nitrogens with zero attached hydrogens (tertiary/aromatic N) is 1. The van der Waals surface area contributed by atoms with Crippen molar-refractivity contribution in [3.63, 3.8) is 0 Å². The predicted molar refractivity (Wildman–Crippen MR) is 44.2 cm³/mol. The number of para-hydroxylation sites is 1. The Labute approximate surface area is 70.2 Å². The van der Waals surface area contributed by atoms with E-state index in [0.29, 0.717) is 0 Å². The molecular formula is C9H7N2O. The third-order valence-electron chi connectivity index (χ3n) is 2.10. The van der Waals surface area contributed by atoms with Crippen LogP contribution in [0.4, 0.5) is 5.69 Å². The van der Waals surface area contributed by atoms with Crippen LogP contribution in [-0.2, 0) is 6.42 Å². The van der Waals surface area contributed by atoms with Crippen LogP contribution in [0.15, 0.2) is 24.3 Å². The monoisotopic (exact) mass is 159 g/mol. The summed E-state index contributed by atoms with van der Waals surface area (Å²) in [4.78, 5) is 5.22. The molecule has 0 bridgehead atoms. The standard InChI is InChI=1S/C9H7N2O/c1-3-7-4-2-6-11-9(7)8(5-1)12-10-11/h1-3,5,10H,4H2. The van der Waals surface area contributed by atoms with Crippen LogP contribution in [0.5, 0.6) is 5.75 Å². The highest BCUT2D eigenvalue weighted by molar-refractivity contribution is 5.67. The first-order valence-corrected chi connectivity index (χ1v) is 3.87. The summed E-state index contributed by atoms with van der Waals surface area (Å²) in [6, 6.07) is 6.04. The topological polar surface area (TPSA) is 24.5 Å². The average Bonchev–Trinajstić information content (AvgIpc) is 2.52. The highest BCUT2D eigenvalue weighted by Gasteiger charge is 2.24. The first-order valence-electron chi connectivity index (χ1n) is 3.87. The maximum atomic E-state index is 5.22. The molecule has 1 N–H and O–H groups in total. The Morgan fingerprint density at radius 3 is 3.50 bits per heavy atom. The second-order valence-corrected chi connectivity index (χ2v) is 2.83. The molecule has 1 radical (unpaired) electrons. The van der Waals surface area contributed by atoms with Crippen LogP contribution >= 0.6 is 0 Å². The Hall–Kier alpha value is -1.48. The van der Waals surface area contributed by atoms with Gasteiger partial charge in [-0.3, -0.25) is 0 Å². The lowest BCUT2D eigenvalue weighted by molar-refractivity contribution is 0.223. The molecule has 1 aromatic rings. The first-order chi connectivity index (χ1) is 5.95. The van der Waals surface area contributed by atoms with E-state index in [1.807, 2.05) is 18.2 Å². The highest BCUT2D eigenvalue weighted by Crippen LogP contribution is 2.37. The number of nitrogens with one attached hydrogen (secondary N) is 1. The van der Waals surface area contributed by atoms with E-state index in [0.717, 1.165) is 17.9 Å². The van der Waals surface area contributed by atoms with E-state index in [1.165, 1.54) is 5.56 Å². The number of benzene rings is 1. The van der Waals surface area contributed by atoms with E-state index < -0.39 is 0 Å². The maximum Gasteiger partial charge on any atom is 0.175 e. The number of hydrogen-bond donors (Lipinski definition) is 1. The summed E-state index contributed by atoms with van der Waals surface area (Å²) in [6.45, 7) is 0. The minimum atomic E-state index is 0.883. The van der Waals surface area contributed by atoms with Crippen molar-refractivity contribution in [2.45, 2.75) is 6.42 Å². The molecule has 1 aromatic carbocycles. The Bertz CT molecular complexity index is 360. The van der Waals surface area contributed by atoms with Gasteiger partial charge in [-0.05, 0) is 18.1 Å². The molecule has 0 atom stereocenters. The smallest absolute Gasteiger partial charge is 0.175 e. The summed E-state index contributed by atoms with van der Waals surface area (Å²) in [7, 11) is 0. The Kier molecular flexibility index (Phi) is 1.02. The summed E-state index contributed by atoms with van der Waals surface area (Å²) in [6.07, 6.45) is 5.96. The average molecular weight is 159 g/mol. The molecule has 0 fully saturated rings. The van der Waals surface area contributed by atoms with Gasteiger partial charge in [0.2, 0.25) is 0 Å². The second kappa shape index (κ2) is 2.01. The Morgan fingerprint density at radius 2 is 2.50 bits per heavy atom. The molecule has 59 valence electrons. The molecule has 2 aliphatic rings. The van der Waals surface area contributed by atoms with Gasteiger partial charge in [0.1, 0.15) is 5.69 Å². The van der Waals surface area contributed by atoms with Crippen molar-refractivity contribution in [1.82, 2.24) is 5.59 Å². The third-order valence-corrected chi connectivity index (χ3v) is 2.10. The molecule has 0 saturated carbocycles. The Balaban J connectivity index is 2.28. The van der Waals surface area contributed by atoms with E-state index in [2.05, 4.69) is 17.9 Å². The second-order valence-electron chi connectivity index (χ2n) is 2.83. The van der Waals surface area contributed by atoms with E-state index in [1.54, 1.807) is 5.01 Å². The molecule has 3 heteroatoms. The fourth-order valence-corrected chi connectivity index (χ4v) is 1.55. The molecular weight excluding hydrogens is 152 g/mol. The quantitative estimate of drug-likeness (QED) is 0.615. The van der Waals surface area contributed by atoms with Gasteiger partial charge in [-0.25, -0.2) is 5.01 Å². The normalized spacial score (nSPS) is 17.5. The molecule has 0 spiro atoms. The van der Waals surface area contributed by atoms with Crippen molar-refractivity contribution in [1.29, 1.82) is 0 Å². The zero-order valence-electron chi connectivity index (χ0n) is 6.37. The van der Waals surface area contributed by atoms with Crippen LogP contribution < -0.4 is 15.4 Å². The lowest BCUT2D eigenvalue weighted by Crippen LogP contribution is -2.31. The summed E-state index contributed by atoms with van der Waals surface area (Å²) < 4.78 is 0. The van der Waals surface area contributed by atoms with Gasteiger partial charge in [0.05, 0.1) is 6.20 Å². The van der Waals surface area contributed by atoms with Crippen molar-refractivity contribution in [2.24, 2.45) is 0 Å². The fourth-order valence-electron chi connectivity index (χ4n) is 1.55. The molecule has 0 saturated heterocycles. The van der Waals surface area contributed by atoms with Crippen molar-refractivity contribution in [2.75, 3.05) is 5.01 Å². The van der Waals surface area contributed by atoms with Gasteiger partial charge in [-0.1, -0.05) is 23.8 Å². The van der Waals surface area contributed by atoms with Crippen LogP contribution in [0.1, 0.15) is 5.56 Å². The Morgan fingerprint density at radius 1 is 1.50 bits per heavy atom. The van der Waals surface area contributed by atoms with Crippen LogP contribution in [0.3, 0.4) is 0 Å². The highest BCUT2D eigenvalue weighted by atomic mass is 16.7. The minimum absolute atomic E-state index is 0.883. The molecule has 0 aromatic heterocycles. The van der Waals surface area contributed by atoms with E-state index >= 15 is 0 Å². The molecule has 3 nitrogen and oxygen atoms in total. The molecule has 0 amide bonds. The van der Waals surface area contributed by atoms with Crippen molar-refractivity contribution >= 4 is 5.69 Å². The predicted octanol–water partition coefficient (Wildman–Crippen LogP) is 1.18. The number of allylic oxidation sites excluding steroid dienone is 1. The first kappa shape index (κ1) is 6.08. The third kappa shape index (κ3) is 0.636. The van der Waals surface area contributed by atoms with Gasteiger partial charge in [-0.15, -0.1) is 0 Å². The lowest BCUT2D eigenvalue weighted by atomic mass is 10.1. The zero-order chi connectivity index (χ0) is 7.97. The van der Waals surface area contributed by atoms with Gasteiger partial charge in [0.25, 0.3) is 0 Å². The number of hydrazine groups is 1. The summed E-state index contributed by atoms with van der Waals surface area (Å²) in [5, 5.41) is 1.77. The fraction of sp³-hybridized carbons (Fsp3) is 0.111. The largest absolute Gasteiger partial charge is 0.386 e. The van der Waals surface area contributed by atoms with Crippen LogP contribution in [0.25, 0.3) is 0 Å². The van der Waals surface area contributed by atoms with Crippen molar-refractivity contribution < 1.29 is 4.84 Å². The summed E-state index contributed by atoms with van der Waals surface area (Å²) >= 11 is 0. The van der Waals surface area contributed by atoms with Crippen LogP contribution in [-0.4, -0.2) is 0 Å². The molecule has 2 heterocycles. The molecule has 3 rings (SSSR count). The summed E-state index contributed by atoms with van der Waals surface area (Å²) in [5.41, 5.74) is 5.13. The molecule has 0 aliphatic carbocycles. The van der Waals surface area contributed by atoms with Crippen molar-refractivity contribution in [3.8, 4) is 5.75 Å². The van der Waals surface area contributed by atoms with Gasteiger partial charge in [-0.2, -0.15) is 0 Å². The van der Waals surface area contributed by atoms with E-state index in [-0.39, 0.29) is 0 Å².